The monoisotopic (exact) mass is 262 g/mol. The second-order valence-electron chi connectivity index (χ2n) is 4.59. The second kappa shape index (κ2) is 5.53. The van der Waals surface area contributed by atoms with Crippen LogP contribution in [0, 0.1) is 0 Å². The number of benzene rings is 2. The number of aromatic nitrogens is 2. The summed E-state index contributed by atoms with van der Waals surface area (Å²) in [6, 6.07) is 19.2. The van der Waals surface area contributed by atoms with Gasteiger partial charge in [0.05, 0.1) is 18.6 Å². The summed E-state index contributed by atoms with van der Waals surface area (Å²) in [5, 5.41) is 0. The van der Waals surface area contributed by atoms with Crippen LogP contribution in [0.15, 0.2) is 73.2 Å². The molecule has 3 aromatic rings. The second-order valence-corrected chi connectivity index (χ2v) is 4.59. The van der Waals surface area contributed by atoms with E-state index in [1.54, 1.807) is 6.33 Å². The minimum Gasteiger partial charge on any atom is -0.329 e. The highest BCUT2D eigenvalue weighted by atomic mass is 16.1. The predicted octanol–water partition coefficient (Wildman–Crippen LogP) is 3.43. The van der Waals surface area contributed by atoms with Gasteiger partial charge in [-0.3, -0.25) is 4.79 Å². The lowest BCUT2D eigenvalue weighted by atomic mass is 10.1. The standard InChI is InChI=1S/C17H14N2O/c20-17(15-9-5-2-6-10-15)12-19-11-16(18-13-19)14-7-3-1-4-8-14/h1-11,13H,12H2. The molecule has 0 atom stereocenters. The fourth-order valence-electron chi connectivity index (χ4n) is 2.09. The van der Waals surface area contributed by atoms with Gasteiger partial charge in [0.2, 0.25) is 0 Å². The molecule has 0 aliphatic heterocycles. The van der Waals surface area contributed by atoms with E-state index in [0.29, 0.717) is 6.54 Å². The van der Waals surface area contributed by atoms with E-state index in [-0.39, 0.29) is 5.78 Å². The first-order chi connectivity index (χ1) is 9.83. The van der Waals surface area contributed by atoms with Gasteiger partial charge in [-0.25, -0.2) is 4.98 Å². The molecule has 3 nitrogen and oxygen atoms in total. The van der Waals surface area contributed by atoms with Crippen LogP contribution < -0.4 is 0 Å². The lowest BCUT2D eigenvalue weighted by molar-refractivity contribution is 0.0972. The van der Waals surface area contributed by atoms with Crippen LogP contribution in [0.25, 0.3) is 11.3 Å². The zero-order valence-corrected chi connectivity index (χ0v) is 10.9. The molecule has 0 aliphatic rings. The van der Waals surface area contributed by atoms with Crippen molar-refractivity contribution in [1.82, 2.24) is 9.55 Å². The molecule has 3 heteroatoms. The molecule has 98 valence electrons. The largest absolute Gasteiger partial charge is 0.329 e. The van der Waals surface area contributed by atoms with Crippen molar-refractivity contribution in [2.45, 2.75) is 6.54 Å². The summed E-state index contributed by atoms with van der Waals surface area (Å²) in [6.07, 6.45) is 3.60. The minimum atomic E-state index is 0.0858. The van der Waals surface area contributed by atoms with Gasteiger partial charge in [0.1, 0.15) is 0 Å². The highest BCUT2D eigenvalue weighted by Gasteiger charge is 2.07. The molecule has 0 fully saturated rings. The molecule has 0 saturated heterocycles. The van der Waals surface area contributed by atoms with E-state index >= 15 is 0 Å². The van der Waals surface area contributed by atoms with Crippen LogP contribution in [-0.2, 0) is 6.54 Å². The normalized spacial score (nSPS) is 10.4. The topological polar surface area (TPSA) is 34.9 Å². The summed E-state index contributed by atoms with van der Waals surface area (Å²) in [7, 11) is 0. The lowest BCUT2D eigenvalue weighted by Gasteiger charge is -2.01. The van der Waals surface area contributed by atoms with Crippen molar-refractivity contribution in [3.8, 4) is 11.3 Å². The molecule has 3 rings (SSSR count). The Morgan fingerprint density at radius 2 is 1.60 bits per heavy atom. The molecular formula is C17H14N2O. The van der Waals surface area contributed by atoms with Crippen LogP contribution in [0.4, 0.5) is 0 Å². The molecule has 0 aliphatic carbocycles. The van der Waals surface area contributed by atoms with Gasteiger partial charge in [0.15, 0.2) is 5.78 Å². The van der Waals surface area contributed by atoms with E-state index in [2.05, 4.69) is 4.98 Å². The van der Waals surface area contributed by atoms with Crippen LogP contribution in [0.5, 0.6) is 0 Å². The van der Waals surface area contributed by atoms with Gasteiger partial charge in [0, 0.05) is 17.3 Å². The minimum absolute atomic E-state index is 0.0858. The third-order valence-electron chi connectivity index (χ3n) is 3.12. The SMILES string of the molecule is O=C(Cn1cnc(-c2ccccc2)c1)c1ccccc1. The van der Waals surface area contributed by atoms with Crippen molar-refractivity contribution < 1.29 is 4.79 Å². The first-order valence-electron chi connectivity index (χ1n) is 6.48. The third kappa shape index (κ3) is 2.67. The summed E-state index contributed by atoms with van der Waals surface area (Å²) in [5.74, 6) is 0.0858. The summed E-state index contributed by atoms with van der Waals surface area (Å²) in [5.41, 5.74) is 2.66. The molecule has 0 unspecified atom stereocenters. The number of carbonyl (C=O) groups excluding carboxylic acids is 1. The number of imidazole rings is 1. The van der Waals surface area contributed by atoms with Gasteiger partial charge in [-0.05, 0) is 0 Å². The summed E-state index contributed by atoms with van der Waals surface area (Å²) in [6.45, 7) is 0.309. The van der Waals surface area contributed by atoms with E-state index in [1.165, 1.54) is 0 Å². The molecule has 2 aromatic carbocycles. The van der Waals surface area contributed by atoms with Crippen LogP contribution in [0.1, 0.15) is 10.4 Å². The summed E-state index contributed by atoms with van der Waals surface area (Å²) >= 11 is 0. The van der Waals surface area contributed by atoms with Gasteiger partial charge >= 0.3 is 0 Å². The predicted molar refractivity (Wildman–Crippen MR) is 78.4 cm³/mol. The molecule has 1 heterocycles. The maximum absolute atomic E-state index is 12.1. The van der Waals surface area contributed by atoms with E-state index < -0.39 is 0 Å². The Morgan fingerprint density at radius 1 is 0.950 bits per heavy atom. The molecule has 0 spiro atoms. The smallest absolute Gasteiger partial charge is 0.182 e. The highest BCUT2D eigenvalue weighted by Crippen LogP contribution is 2.16. The number of Topliss-reactive ketones (excluding diaryl/α,β-unsaturated/α-hetero) is 1. The fraction of sp³-hybridized carbons (Fsp3) is 0.0588. The number of rotatable bonds is 4. The van der Waals surface area contributed by atoms with Crippen molar-refractivity contribution in [2.75, 3.05) is 0 Å². The Bertz CT molecular complexity index is 702. The van der Waals surface area contributed by atoms with Crippen LogP contribution in [0.3, 0.4) is 0 Å². The van der Waals surface area contributed by atoms with Crippen molar-refractivity contribution in [1.29, 1.82) is 0 Å². The van der Waals surface area contributed by atoms with Gasteiger partial charge in [-0.2, -0.15) is 0 Å². The molecule has 0 amide bonds. The van der Waals surface area contributed by atoms with E-state index in [4.69, 9.17) is 0 Å². The van der Waals surface area contributed by atoms with Gasteiger partial charge in [-0.15, -0.1) is 0 Å². The number of hydrogen-bond donors (Lipinski definition) is 0. The average molecular weight is 262 g/mol. The zero-order chi connectivity index (χ0) is 13.8. The lowest BCUT2D eigenvalue weighted by Crippen LogP contribution is -2.08. The van der Waals surface area contributed by atoms with Crippen molar-refractivity contribution >= 4 is 5.78 Å². The van der Waals surface area contributed by atoms with Crippen molar-refractivity contribution in [3.05, 3.63) is 78.8 Å². The number of ketones is 1. The summed E-state index contributed by atoms with van der Waals surface area (Å²) < 4.78 is 1.82. The fourth-order valence-corrected chi connectivity index (χ4v) is 2.09. The first-order valence-corrected chi connectivity index (χ1v) is 6.48. The molecule has 20 heavy (non-hydrogen) atoms. The molecule has 1 aromatic heterocycles. The van der Waals surface area contributed by atoms with Gasteiger partial charge < -0.3 is 4.57 Å². The Labute approximate surface area is 117 Å². The van der Waals surface area contributed by atoms with Crippen LogP contribution in [0.2, 0.25) is 0 Å². The highest BCUT2D eigenvalue weighted by molar-refractivity contribution is 5.95. The van der Waals surface area contributed by atoms with Crippen molar-refractivity contribution in [2.24, 2.45) is 0 Å². The van der Waals surface area contributed by atoms with E-state index in [9.17, 15) is 4.79 Å². The first kappa shape index (κ1) is 12.4. The Kier molecular flexibility index (Phi) is 3.42. The van der Waals surface area contributed by atoms with Gasteiger partial charge in [-0.1, -0.05) is 60.7 Å². The quantitative estimate of drug-likeness (QED) is 0.675. The summed E-state index contributed by atoms with van der Waals surface area (Å²) in [4.78, 5) is 16.5. The molecular weight excluding hydrogens is 248 g/mol. The Balaban J connectivity index is 1.77. The van der Waals surface area contributed by atoms with Crippen LogP contribution in [-0.4, -0.2) is 15.3 Å². The van der Waals surface area contributed by atoms with E-state index in [0.717, 1.165) is 16.8 Å². The number of carbonyl (C=O) groups is 1. The average Bonchev–Trinajstić information content (AvgIpc) is 2.97. The third-order valence-corrected chi connectivity index (χ3v) is 3.12. The number of hydrogen-bond acceptors (Lipinski definition) is 2. The van der Waals surface area contributed by atoms with Gasteiger partial charge in [0.25, 0.3) is 0 Å². The maximum Gasteiger partial charge on any atom is 0.182 e. The zero-order valence-electron chi connectivity index (χ0n) is 10.9. The molecule has 0 radical (unpaired) electrons. The van der Waals surface area contributed by atoms with E-state index in [1.807, 2.05) is 71.4 Å². The molecule has 0 N–H and O–H groups in total. The maximum atomic E-state index is 12.1. The number of nitrogens with zero attached hydrogens (tertiary/aromatic N) is 2. The van der Waals surface area contributed by atoms with Crippen LogP contribution >= 0.6 is 0 Å². The molecule has 0 saturated carbocycles. The van der Waals surface area contributed by atoms with Crippen molar-refractivity contribution in [3.63, 3.8) is 0 Å². The Hall–Kier alpha value is -2.68. The Morgan fingerprint density at radius 3 is 2.30 bits per heavy atom. The molecule has 0 bridgehead atoms.